The fraction of sp³-hybridized carbons (Fsp3) is 0.229. The van der Waals surface area contributed by atoms with Gasteiger partial charge in [-0.3, -0.25) is 0 Å². The number of carboxylic acids is 1. The van der Waals surface area contributed by atoms with Crippen LogP contribution in [0.5, 0.6) is 5.75 Å². The maximum atomic E-state index is 12.7. The number of fused-ring (bicyclic) bond motifs is 5. The molecule has 1 atom stereocenters. The third kappa shape index (κ3) is 5.98. The number of methoxy groups -OCH3 is 1. The molecule has 1 aliphatic rings. The van der Waals surface area contributed by atoms with Gasteiger partial charge in [0.05, 0.1) is 23.8 Å². The van der Waals surface area contributed by atoms with Gasteiger partial charge in [0.15, 0.2) is 0 Å². The number of amides is 1. The first-order valence-electron chi connectivity index (χ1n) is 14.6. The molecule has 0 bridgehead atoms. The van der Waals surface area contributed by atoms with Gasteiger partial charge in [-0.05, 0) is 77.9 Å². The van der Waals surface area contributed by atoms with E-state index in [0.717, 1.165) is 55.5 Å². The Morgan fingerprint density at radius 2 is 1.64 bits per heavy atom. The number of hydrogen-bond donors (Lipinski definition) is 3. The summed E-state index contributed by atoms with van der Waals surface area (Å²) in [5.74, 6) is -0.473. The van der Waals surface area contributed by atoms with Crippen LogP contribution in [0.15, 0.2) is 84.9 Å². The fourth-order valence-electron chi connectivity index (χ4n) is 5.94. The van der Waals surface area contributed by atoms with Crippen molar-refractivity contribution < 1.29 is 24.2 Å². The number of carbonyl (C=O) groups excluding carboxylic acids is 1. The first-order valence-corrected chi connectivity index (χ1v) is 15.0. The van der Waals surface area contributed by atoms with E-state index >= 15 is 0 Å². The maximum Gasteiger partial charge on any atom is 0.407 e. The molecule has 0 unspecified atom stereocenters. The van der Waals surface area contributed by atoms with Crippen LogP contribution in [-0.2, 0) is 9.53 Å². The molecule has 8 nitrogen and oxygen atoms in total. The highest BCUT2D eigenvalue weighted by Crippen LogP contribution is 2.44. The number of halogens is 1. The molecule has 0 saturated carbocycles. The van der Waals surface area contributed by atoms with Gasteiger partial charge in [-0.2, -0.15) is 0 Å². The summed E-state index contributed by atoms with van der Waals surface area (Å²) in [6.07, 6.45) is 0.783. The van der Waals surface area contributed by atoms with Gasteiger partial charge in [0.25, 0.3) is 0 Å². The molecule has 1 heterocycles. The number of ether oxygens (including phenoxy) is 2. The van der Waals surface area contributed by atoms with Crippen molar-refractivity contribution in [2.45, 2.75) is 31.2 Å². The van der Waals surface area contributed by atoms with Gasteiger partial charge in [0, 0.05) is 28.3 Å². The Morgan fingerprint density at radius 1 is 0.909 bits per heavy atom. The van der Waals surface area contributed by atoms with Gasteiger partial charge in [-0.25, -0.2) is 14.6 Å². The number of nitrogens with zero attached hydrogens (tertiary/aromatic N) is 1. The highest BCUT2D eigenvalue weighted by molar-refractivity contribution is 6.31. The number of carbonyl (C=O) groups is 2. The van der Waals surface area contributed by atoms with Gasteiger partial charge < -0.3 is 25.2 Å². The number of hydrogen-bond acceptors (Lipinski definition) is 6. The smallest absolute Gasteiger partial charge is 0.407 e. The van der Waals surface area contributed by atoms with Gasteiger partial charge in [-0.1, -0.05) is 60.1 Å². The second-order valence-electron chi connectivity index (χ2n) is 10.8. The van der Waals surface area contributed by atoms with Gasteiger partial charge in [0.1, 0.15) is 18.4 Å². The minimum Gasteiger partial charge on any atom is -0.497 e. The molecule has 0 saturated heterocycles. The van der Waals surface area contributed by atoms with E-state index in [9.17, 15) is 14.7 Å². The van der Waals surface area contributed by atoms with Crippen LogP contribution in [0, 0.1) is 0 Å². The monoisotopic (exact) mass is 609 g/mol. The molecule has 6 rings (SSSR count). The summed E-state index contributed by atoms with van der Waals surface area (Å²) in [5, 5.41) is 18.3. The molecule has 0 aliphatic heterocycles. The number of pyridine rings is 1. The zero-order valence-corrected chi connectivity index (χ0v) is 24.9. The second kappa shape index (κ2) is 12.8. The van der Waals surface area contributed by atoms with Crippen LogP contribution in [0.1, 0.15) is 36.3 Å². The number of aromatic nitrogens is 1. The predicted octanol–water partition coefficient (Wildman–Crippen LogP) is 7.62. The highest BCUT2D eigenvalue weighted by Gasteiger charge is 2.29. The molecule has 5 aromatic rings. The van der Waals surface area contributed by atoms with E-state index in [2.05, 4.69) is 22.8 Å². The lowest BCUT2D eigenvalue weighted by molar-refractivity contribution is -0.139. The minimum absolute atomic E-state index is 0.0983. The molecule has 0 radical (unpaired) electrons. The number of benzene rings is 4. The van der Waals surface area contributed by atoms with Crippen molar-refractivity contribution in [1.29, 1.82) is 0 Å². The van der Waals surface area contributed by atoms with Crippen LogP contribution < -0.4 is 15.4 Å². The molecule has 1 aromatic heterocycles. The Morgan fingerprint density at radius 3 is 2.34 bits per heavy atom. The van der Waals surface area contributed by atoms with E-state index in [0.29, 0.717) is 24.4 Å². The first kappa shape index (κ1) is 29.3. The fourth-order valence-corrected chi connectivity index (χ4v) is 6.11. The number of alkyl carbamates (subject to hydrolysis) is 1. The molecular weight excluding hydrogens is 578 g/mol. The van der Waals surface area contributed by atoms with E-state index in [1.807, 2.05) is 72.8 Å². The molecule has 224 valence electrons. The Labute approximate surface area is 260 Å². The SMILES string of the molecule is COc1ccc2nc3cc(Cl)ccc3c(NCCCC[C@H](NC(=O)OCC3c4ccccc4-c4ccccc43)C(=O)O)c2c1. The number of rotatable bonds is 11. The van der Waals surface area contributed by atoms with Crippen LogP contribution in [0.4, 0.5) is 10.5 Å². The van der Waals surface area contributed by atoms with Gasteiger partial charge >= 0.3 is 12.1 Å². The summed E-state index contributed by atoms with van der Waals surface area (Å²) in [5.41, 5.74) is 6.94. The van der Waals surface area contributed by atoms with Crippen molar-refractivity contribution in [2.24, 2.45) is 0 Å². The zero-order valence-electron chi connectivity index (χ0n) is 24.2. The third-order valence-electron chi connectivity index (χ3n) is 8.10. The van der Waals surface area contributed by atoms with Crippen molar-refractivity contribution >= 4 is 51.2 Å². The van der Waals surface area contributed by atoms with Crippen LogP contribution in [0.3, 0.4) is 0 Å². The topological polar surface area (TPSA) is 110 Å². The van der Waals surface area contributed by atoms with Crippen LogP contribution in [0.25, 0.3) is 32.9 Å². The van der Waals surface area contributed by atoms with E-state index in [1.54, 1.807) is 7.11 Å². The summed E-state index contributed by atoms with van der Waals surface area (Å²) >= 11 is 6.23. The lowest BCUT2D eigenvalue weighted by atomic mass is 9.98. The normalized spacial score (nSPS) is 12.9. The quantitative estimate of drug-likeness (QED) is 0.104. The van der Waals surface area contributed by atoms with E-state index in [-0.39, 0.29) is 18.9 Å². The van der Waals surface area contributed by atoms with E-state index in [4.69, 9.17) is 26.1 Å². The first-order chi connectivity index (χ1) is 21.4. The molecule has 4 aromatic carbocycles. The van der Waals surface area contributed by atoms with Crippen molar-refractivity contribution in [1.82, 2.24) is 10.3 Å². The average molecular weight is 610 g/mol. The van der Waals surface area contributed by atoms with Gasteiger partial charge in [-0.15, -0.1) is 0 Å². The molecule has 1 aliphatic carbocycles. The highest BCUT2D eigenvalue weighted by atomic mass is 35.5. The van der Waals surface area contributed by atoms with Crippen LogP contribution in [-0.4, -0.2) is 48.5 Å². The molecule has 44 heavy (non-hydrogen) atoms. The Hall–Kier alpha value is -4.82. The molecule has 1 amide bonds. The van der Waals surface area contributed by atoms with E-state index < -0.39 is 18.1 Å². The lowest BCUT2D eigenvalue weighted by Crippen LogP contribution is -2.41. The molecule has 0 fully saturated rings. The summed E-state index contributed by atoms with van der Waals surface area (Å²) in [4.78, 5) is 29.4. The predicted molar refractivity (Wildman–Crippen MR) is 173 cm³/mol. The van der Waals surface area contributed by atoms with Gasteiger partial charge in [0.2, 0.25) is 0 Å². The summed E-state index contributed by atoms with van der Waals surface area (Å²) < 4.78 is 11.0. The molecular formula is C35H32ClN3O5. The number of carboxylic acid groups (broad SMARTS) is 1. The lowest BCUT2D eigenvalue weighted by Gasteiger charge is -2.18. The Kier molecular flexibility index (Phi) is 8.52. The van der Waals surface area contributed by atoms with Crippen molar-refractivity contribution in [3.8, 4) is 16.9 Å². The van der Waals surface area contributed by atoms with Crippen molar-refractivity contribution in [3.05, 3.63) is 101 Å². The molecule has 9 heteroatoms. The standard InChI is InChI=1S/C35H32ClN3O5/c1-43-22-14-16-30-28(19-22)33(27-15-13-21(36)18-32(27)38-30)37-17-7-6-12-31(34(40)41)39-35(42)44-20-29-25-10-4-2-8-23(25)24-9-3-5-11-26(24)29/h2-5,8-11,13-16,18-19,29,31H,6-7,12,17,20H2,1H3,(H,37,38)(H,39,42)(H,40,41)/t31-/m0/s1. The average Bonchev–Trinajstić information content (AvgIpc) is 3.35. The number of anilines is 1. The molecule has 0 spiro atoms. The number of unbranched alkanes of at least 4 members (excludes halogenated alkanes) is 1. The van der Waals surface area contributed by atoms with Crippen molar-refractivity contribution in [2.75, 3.05) is 25.6 Å². The largest absolute Gasteiger partial charge is 0.497 e. The minimum atomic E-state index is -1.10. The number of aliphatic carboxylic acids is 1. The Balaban J connectivity index is 1.05. The number of nitrogens with one attached hydrogen (secondary N) is 2. The summed E-state index contributed by atoms with van der Waals surface area (Å²) in [7, 11) is 1.62. The third-order valence-corrected chi connectivity index (χ3v) is 8.33. The maximum absolute atomic E-state index is 12.7. The van der Waals surface area contributed by atoms with Crippen molar-refractivity contribution in [3.63, 3.8) is 0 Å². The summed E-state index contributed by atoms with van der Waals surface area (Å²) in [6.45, 7) is 0.714. The van der Waals surface area contributed by atoms with Crippen LogP contribution >= 0.6 is 11.6 Å². The Bertz CT molecular complexity index is 1810. The zero-order chi connectivity index (χ0) is 30.6. The summed E-state index contributed by atoms with van der Waals surface area (Å²) in [6, 6.07) is 26.4. The van der Waals surface area contributed by atoms with E-state index in [1.165, 1.54) is 0 Å². The van der Waals surface area contributed by atoms with Crippen LogP contribution in [0.2, 0.25) is 5.02 Å². The molecule has 3 N–H and O–H groups in total. The second-order valence-corrected chi connectivity index (χ2v) is 11.3.